The van der Waals surface area contributed by atoms with Crippen molar-refractivity contribution >= 4 is 55.1 Å². The maximum atomic E-state index is 14.9. The van der Waals surface area contributed by atoms with E-state index in [0.29, 0.717) is 5.75 Å². The first-order chi connectivity index (χ1) is 24.5. The SMILES string of the molecule is COc1ccc(S(=O)(=O)N(CC(=O)N(Cc2ccc(Br)cc2)[C@H](Cc2ccccc2)C(=O)NC2CCCC2)c2cc(Cl)ccc2OC)cc1OC. The lowest BCUT2D eigenvalue weighted by molar-refractivity contribution is -0.140. The number of ether oxygens (including phenoxy) is 3. The van der Waals surface area contributed by atoms with Crippen LogP contribution in [-0.4, -0.2) is 65.1 Å². The van der Waals surface area contributed by atoms with E-state index in [2.05, 4.69) is 21.2 Å². The molecule has 1 fully saturated rings. The first kappa shape index (κ1) is 38.0. The molecule has 4 aromatic rings. The molecule has 270 valence electrons. The number of amides is 2. The Balaban J connectivity index is 1.62. The number of nitrogens with one attached hydrogen (secondary N) is 1. The van der Waals surface area contributed by atoms with Crippen LogP contribution in [0.3, 0.4) is 0 Å². The molecule has 0 aliphatic heterocycles. The number of hydrogen-bond donors (Lipinski definition) is 1. The average Bonchev–Trinajstić information content (AvgIpc) is 3.65. The molecule has 0 heterocycles. The normalized spacial score (nSPS) is 13.7. The summed E-state index contributed by atoms with van der Waals surface area (Å²) in [6, 6.07) is 24.6. The number of anilines is 1. The third kappa shape index (κ3) is 9.35. The first-order valence-electron chi connectivity index (χ1n) is 16.5. The van der Waals surface area contributed by atoms with Gasteiger partial charge < -0.3 is 24.4 Å². The van der Waals surface area contributed by atoms with E-state index in [4.69, 9.17) is 25.8 Å². The Morgan fingerprint density at radius 2 is 1.49 bits per heavy atom. The van der Waals surface area contributed by atoms with Gasteiger partial charge in [-0.3, -0.25) is 13.9 Å². The van der Waals surface area contributed by atoms with Gasteiger partial charge in [0.15, 0.2) is 11.5 Å². The summed E-state index contributed by atoms with van der Waals surface area (Å²) in [5.41, 5.74) is 1.66. The van der Waals surface area contributed by atoms with Crippen LogP contribution in [0.5, 0.6) is 17.2 Å². The Labute approximate surface area is 312 Å². The van der Waals surface area contributed by atoms with E-state index in [1.54, 1.807) is 6.07 Å². The predicted octanol–water partition coefficient (Wildman–Crippen LogP) is 7.02. The van der Waals surface area contributed by atoms with Crippen LogP contribution in [0.15, 0.2) is 100 Å². The van der Waals surface area contributed by atoms with Gasteiger partial charge in [0, 0.05) is 34.6 Å². The monoisotopic (exact) mass is 797 g/mol. The lowest BCUT2D eigenvalue weighted by Gasteiger charge is -2.34. The second-order valence-corrected chi connectivity index (χ2v) is 15.4. The predicted molar refractivity (Wildman–Crippen MR) is 201 cm³/mol. The molecule has 4 aromatic carbocycles. The summed E-state index contributed by atoms with van der Waals surface area (Å²) < 4.78 is 47.4. The van der Waals surface area contributed by atoms with Crippen molar-refractivity contribution in [1.82, 2.24) is 10.2 Å². The lowest BCUT2D eigenvalue weighted by Crippen LogP contribution is -2.54. The molecule has 1 N–H and O–H groups in total. The Morgan fingerprint density at radius 1 is 0.843 bits per heavy atom. The van der Waals surface area contributed by atoms with Gasteiger partial charge in [-0.1, -0.05) is 82.8 Å². The molecule has 1 atom stereocenters. The van der Waals surface area contributed by atoms with E-state index in [0.717, 1.165) is 45.6 Å². The van der Waals surface area contributed by atoms with E-state index >= 15 is 0 Å². The molecule has 0 spiro atoms. The molecule has 5 rings (SSSR count). The molecule has 1 aliphatic rings. The third-order valence-corrected chi connectivity index (χ3v) is 11.4. The molecule has 0 bridgehead atoms. The van der Waals surface area contributed by atoms with Gasteiger partial charge in [-0.2, -0.15) is 0 Å². The maximum Gasteiger partial charge on any atom is 0.265 e. The summed E-state index contributed by atoms with van der Waals surface area (Å²) in [6.45, 7) is -0.634. The van der Waals surface area contributed by atoms with Crippen molar-refractivity contribution < 1.29 is 32.2 Å². The van der Waals surface area contributed by atoms with Crippen LogP contribution in [0.1, 0.15) is 36.8 Å². The van der Waals surface area contributed by atoms with Gasteiger partial charge >= 0.3 is 0 Å². The molecule has 13 heteroatoms. The summed E-state index contributed by atoms with van der Waals surface area (Å²) >= 11 is 9.89. The highest BCUT2D eigenvalue weighted by atomic mass is 79.9. The van der Waals surface area contributed by atoms with Crippen molar-refractivity contribution in [2.45, 2.75) is 55.6 Å². The highest BCUT2D eigenvalue weighted by molar-refractivity contribution is 9.10. The van der Waals surface area contributed by atoms with Crippen molar-refractivity contribution in [2.24, 2.45) is 0 Å². The Hall–Kier alpha value is -4.26. The van der Waals surface area contributed by atoms with E-state index in [-0.39, 0.29) is 52.0 Å². The van der Waals surface area contributed by atoms with Crippen molar-refractivity contribution in [1.29, 1.82) is 0 Å². The van der Waals surface area contributed by atoms with Gasteiger partial charge in [-0.15, -0.1) is 0 Å². The Kier molecular flexibility index (Phi) is 12.9. The second kappa shape index (κ2) is 17.3. The average molecular weight is 799 g/mol. The molecule has 1 aliphatic carbocycles. The van der Waals surface area contributed by atoms with Gasteiger partial charge in [0.25, 0.3) is 10.0 Å². The number of sulfonamides is 1. The van der Waals surface area contributed by atoms with Gasteiger partial charge in [-0.05, 0) is 66.4 Å². The lowest BCUT2D eigenvalue weighted by atomic mass is 10.0. The van der Waals surface area contributed by atoms with Crippen LogP contribution >= 0.6 is 27.5 Å². The maximum absolute atomic E-state index is 14.9. The minimum Gasteiger partial charge on any atom is -0.495 e. The Bertz CT molecular complexity index is 1920. The van der Waals surface area contributed by atoms with E-state index < -0.39 is 28.5 Å². The number of benzene rings is 4. The summed E-state index contributed by atoms with van der Waals surface area (Å²) in [5, 5.41) is 3.42. The zero-order valence-corrected chi connectivity index (χ0v) is 31.8. The fraction of sp³-hybridized carbons (Fsp3) is 0.316. The smallest absolute Gasteiger partial charge is 0.265 e. The van der Waals surface area contributed by atoms with Gasteiger partial charge in [0.1, 0.15) is 18.3 Å². The van der Waals surface area contributed by atoms with Crippen LogP contribution in [0, 0.1) is 0 Å². The topological polar surface area (TPSA) is 114 Å². The van der Waals surface area contributed by atoms with Crippen molar-refractivity contribution in [3.8, 4) is 17.2 Å². The van der Waals surface area contributed by atoms with Crippen molar-refractivity contribution in [3.63, 3.8) is 0 Å². The highest BCUT2D eigenvalue weighted by Gasteiger charge is 2.37. The number of rotatable bonds is 15. The molecule has 51 heavy (non-hydrogen) atoms. The number of nitrogens with zero attached hydrogens (tertiary/aromatic N) is 2. The first-order valence-corrected chi connectivity index (χ1v) is 19.1. The fourth-order valence-electron chi connectivity index (χ4n) is 6.18. The Morgan fingerprint density at radius 3 is 2.14 bits per heavy atom. The summed E-state index contributed by atoms with van der Waals surface area (Å²) in [7, 11) is -0.236. The molecule has 2 amide bonds. The molecule has 0 aromatic heterocycles. The van der Waals surface area contributed by atoms with Crippen LogP contribution in [0.2, 0.25) is 5.02 Å². The fourth-order valence-corrected chi connectivity index (χ4v) is 8.05. The molecule has 0 saturated heterocycles. The zero-order chi connectivity index (χ0) is 36.5. The number of carbonyl (C=O) groups is 2. The number of halogens is 2. The van der Waals surface area contributed by atoms with Crippen molar-refractivity contribution in [3.05, 3.63) is 112 Å². The minimum atomic E-state index is -4.49. The van der Waals surface area contributed by atoms with E-state index in [1.165, 1.54) is 56.6 Å². The van der Waals surface area contributed by atoms with E-state index in [9.17, 15) is 18.0 Å². The van der Waals surface area contributed by atoms with Crippen LogP contribution in [-0.2, 0) is 32.6 Å². The van der Waals surface area contributed by atoms with Crippen LogP contribution in [0.25, 0.3) is 0 Å². The summed E-state index contributed by atoms with van der Waals surface area (Å²) in [5.74, 6) is -0.212. The summed E-state index contributed by atoms with van der Waals surface area (Å²) in [4.78, 5) is 30.4. The molecule has 10 nitrogen and oxygen atoms in total. The molecule has 1 saturated carbocycles. The van der Waals surface area contributed by atoms with Crippen LogP contribution in [0.4, 0.5) is 5.69 Å². The largest absolute Gasteiger partial charge is 0.495 e. The highest BCUT2D eigenvalue weighted by Crippen LogP contribution is 2.37. The van der Waals surface area contributed by atoms with Gasteiger partial charge in [0.05, 0.1) is 31.9 Å². The van der Waals surface area contributed by atoms with Crippen molar-refractivity contribution in [2.75, 3.05) is 32.2 Å². The van der Waals surface area contributed by atoms with Crippen LogP contribution < -0.4 is 23.8 Å². The second-order valence-electron chi connectivity index (χ2n) is 12.2. The molecule has 0 unspecified atom stereocenters. The summed E-state index contributed by atoms with van der Waals surface area (Å²) in [6.07, 6.45) is 3.96. The molecule has 0 radical (unpaired) electrons. The van der Waals surface area contributed by atoms with Gasteiger partial charge in [-0.25, -0.2) is 8.42 Å². The quantitative estimate of drug-likeness (QED) is 0.138. The molecular weight excluding hydrogens is 758 g/mol. The number of hydrogen-bond acceptors (Lipinski definition) is 7. The molecular formula is C38H41BrClN3O7S. The zero-order valence-electron chi connectivity index (χ0n) is 28.7. The number of methoxy groups -OCH3 is 3. The van der Waals surface area contributed by atoms with Gasteiger partial charge in [0.2, 0.25) is 11.8 Å². The standard InChI is InChI=1S/C38H41BrClN3O7S/c1-48-34-19-17-29(40)22-32(34)43(51(46,47)31-18-20-35(49-2)36(23-31)50-3)25-37(44)42(24-27-13-15-28(39)16-14-27)33(21-26-9-5-4-6-10-26)38(45)41-30-11-7-8-12-30/h4-6,9-10,13-20,22-23,30,33H,7-8,11-12,21,24-25H2,1-3H3,(H,41,45)/t33-/m1/s1. The third-order valence-electron chi connectivity index (χ3n) is 8.87. The minimum absolute atomic E-state index is 0.00180. The van der Waals surface area contributed by atoms with E-state index in [1.807, 2.05) is 54.6 Å². The number of carbonyl (C=O) groups excluding carboxylic acids is 2.